The topological polar surface area (TPSA) is 37.3 Å². The number of likely N-dealkylation sites (tertiary alicyclic amines) is 1. The first-order valence-electron chi connectivity index (χ1n) is 9.97. The number of rotatable bonds is 6. The highest BCUT2D eigenvalue weighted by molar-refractivity contribution is 5.79. The maximum atomic E-state index is 13.0. The van der Waals surface area contributed by atoms with E-state index in [2.05, 4.69) is 64.4 Å². The minimum atomic E-state index is -0.133. The number of carbonyl (C=O) groups is 1. The molecular formula is C24H27N3O. The van der Waals surface area contributed by atoms with Crippen molar-refractivity contribution in [2.45, 2.75) is 24.9 Å². The van der Waals surface area contributed by atoms with Crippen LogP contribution in [0.3, 0.4) is 0 Å². The molecule has 28 heavy (non-hydrogen) atoms. The van der Waals surface area contributed by atoms with Crippen molar-refractivity contribution >= 4 is 5.91 Å². The molecule has 1 amide bonds. The fraction of sp³-hybridized carbons (Fsp3) is 0.292. The van der Waals surface area contributed by atoms with Crippen LogP contribution in [0.1, 0.15) is 41.7 Å². The lowest BCUT2D eigenvalue weighted by Gasteiger charge is -2.26. The molecule has 1 N–H and O–H groups in total. The van der Waals surface area contributed by atoms with Crippen LogP contribution >= 0.6 is 0 Å². The van der Waals surface area contributed by atoms with Gasteiger partial charge in [-0.05, 0) is 42.6 Å². The third-order valence-corrected chi connectivity index (χ3v) is 5.61. The molecule has 4 heteroatoms. The second-order valence-electron chi connectivity index (χ2n) is 7.49. The summed E-state index contributed by atoms with van der Waals surface area (Å²) in [4.78, 5) is 15.3. The van der Waals surface area contributed by atoms with E-state index in [4.69, 9.17) is 0 Å². The van der Waals surface area contributed by atoms with Crippen LogP contribution in [0.5, 0.6) is 0 Å². The lowest BCUT2D eigenvalue weighted by atomic mass is 9.98. The molecule has 3 aromatic rings. The van der Waals surface area contributed by atoms with E-state index >= 15 is 0 Å². The van der Waals surface area contributed by atoms with Crippen LogP contribution in [0.15, 0.2) is 79.0 Å². The average molecular weight is 374 g/mol. The third kappa shape index (κ3) is 4.02. The maximum Gasteiger partial charge on any atom is 0.234 e. The Labute approximate surface area is 166 Å². The van der Waals surface area contributed by atoms with Gasteiger partial charge in [-0.1, -0.05) is 60.7 Å². The van der Waals surface area contributed by atoms with Crippen LogP contribution in [0.2, 0.25) is 0 Å². The van der Waals surface area contributed by atoms with Crippen molar-refractivity contribution in [2.24, 2.45) is 7.05 Å². The molecular weight excluding hydrogens is 346 g/mol. The maximum absolute atomic E-state index is 13.0. The number of benzene rings is 2. The summed E-state index contributed by atoms with van der Waals surface area (Å²) in [6, 6.07) is 24.8. The molecule has 1 fully saturated rings. The van der Waals surface area contributed by atoms with Crippen LogP contribution in [-0.4, -0.2) is 28.5 Å². The Bertz CT molecular complexity index is 864. The van der Waals surface area contributed by atoms with E-state index in [1.165, 1.54) is 5.69 Å². The molecule has 1 aliphatic heterocycles. The van der Waals surface area contributed by atoms with Crippen molar-refractivity contribution < 1.29 is 4.79 Å². The standard InChI is InChI=1S/C24H27N3O/c1-26-16-8-14-21(26)22-15-9-17-27(22)18-23(28)25-24(19-10-4-2-5-11-19)20-12-6-3-7-13-20/h2-8,10-14,16,22,24H,9,15,17-18H2,1H3,(H,25,28)/t22-/m1/s1. The Morgan fingerprint density at radius 1 is 1.00 bits per heavy atom. The number of aryl methyl sites for hydroxylation is 1. The molecule has 0 unspecified atom stereocenters. The minimum absolute atomic E-state index is 0.0683. The number of aromatic nitrogens is 1. The first kappa shape index (κ1) is 18.5. The van der Waals surface area contributed by atoms with Gasteiger partial charge in [0.1, 0.15) is 0 Å². The van der Waals surface area contributed by atoms with Crippen molar-refractivity contribution in [2.75, 3.05) is 13.1 Å². The summed E-state index contributed by atoms with van der Waals surface area (Å²) in [5.74, 6) is 0.0683. The van der Waals surface area contributed by atoms with Crippen LogP contribution in [0.25, 0.3) is 0 Å². The predicted octanol–water partition coefficient (Wildman–Crippen LogP) is 4.07. The molecule has 0 spiro atoms. The SMILES string of the molecule is Cn1cccc1[C@H]1CCCN1CC(=O)NC(c1ccccc1)c1ccccc1. The fourth-order valence-corrected chi connectivity index (χ4v) is 4.21. The van der Waals surface area contributed by atoms with E-state index in [-0.39, 0.29) is 11.9 Å². The van der Waals surface area contributed by atoms with Crippen molar-refractivity contribution in [1.29, 1.82) is 0 Å². The van der Waals surface area contributed by atoms with Crippen molar-refractivity contribution in [3.63, 3.8) is 0 Å². The van der Waals surface area contributed by atoms with Crippen molar-refractivity contribution in [3.8, 4) is 0 Å². The lowest BCUT2D eigenvalue weighted by molar-refractivity contribution is -0.123. The smallest absolute Gasteiger partial charge is 0.234 e. The van der Waals surface area contributed by atoms with Crippen molar-refractivity contribution in [3.05, 3.63) is 95.8 Å². The minimum Gasteiger partial charge on any atom is -0.353 e. The molecule has 4 nitrogen and oxygen atoms in total. The number of carbonyl (C=O) groups excluding carboxylic acids is 1. The fourth-order valence-electron chi connectivity index (χ4n) is 4.21. The lowest BCUT2D eigenvalue weighted by Crippen LogP contribution is -2.39. The zero-order chi connectivity index (χ0) is 19.3. The quantitative estimate of drug-likeness (QED) is 0.707. The Kier molecular flexibility index (Phi) is 5.58. The van der Waals surface area contributed by atoms with Crippen molar-refractivity contribution in [1.82, 2.24) is 14.8 Å². The molecule has 1 aliphatic rings. The highest BCUT2D eigenvalue weighted by Gasteiger charge is 2.29. The molecule has 0 saturated carbocycles. The van der Waals surface area contributed by atoms with Gasteiger partial charge in [0.2, 0.25) is 5.91 Å². The van der Waals surface area contributed by atoms with Gasteiger partial charge in [-0.15, -0.1) is 0 Å². The Morgan fingerprint density at radius 3 is 2.21 bits per heavy atom. The van der Waals surface area contributed by atoms with Gasteiger partial charge in [-0.2, -0.15) is 0 Å². The number of hydrogen-bond acceptors (Lipinski definition) is 2. The van der Waals surface area contributed by atoms with Crippen LogP contribution in [0.4, 0.5) is 0 Å². The number of nitrogens with one attached hydrogen (secondary N) is 1. The highest BCUT2D eigenvalue weighted by Crippen LogP contribution is 2.31. The Morgan fingerprint density at radius 2 is 1.64 bits per heavy atom. The van der Waals surface area contributed by atoms with Gasteiger partial charge in [-0.25, -0.2) is 0 Å². The number of hydrogen-bond donors (Lipinski definition) is 1. The van der Waals surface area contributed by atoms with Gasteiger partial charge in [0, 0.05) is 18.9 Å². The van der Waals surface area contributed by atoms with E-state index in [1.807, 2.05) is 36.4 Å². The zero-order valence-corrected chi connectivity index (χ0v) is 16.3. The van der Waals surface area contributed by atoms with E-state index in [0.29, 0.717) is 12.6 Å². The first-order chi connectivity index (χ1) is 13.7. The molecule has 0 radical (unpaired) electrons. The summed E-state index contributed by atoms with van der Waals surface area (Å²) < 4.78 is 2.16. The van der Waals surface area contributed by atoms with Crippen LogP contribution in [-0.2, 0) is 11.8 Å². The first-order valence-corrected chi connectivity index (χ1v) is 9.97. The normalized spacial score (nSPS) is 17.1. The summed E-state index contributed by atoms with van der Waals surface area (Å²) >= 11 is 0. The summed E-state index contributed by atoms with van der Waals surface area (Å²) in [5, 5.41) is 3.27. The van der Waals surface area contributed by atoms with Gasteiger partial charge in [0.05, 0.1) is 18.6 Å². The van der Waals surface area contributed by atoms with Crippen LogP contribution in [0, 0.1) is 0 Å². The summed E-state index contributed by atoms with van der Waals surface area (Å²) in [7, 11) is 2.08. The predicted molar refractivity (Wildman–Crippen MR) is 112 cm³/mol. The Hall–Kier alpha value is -2.85. The van der Waals surface area contributed by atoms with E-state index in [9.17, 15) is 4.79 Å². The largest absolute Gasteiger partial charge is 0.353 e. The third-order valence-electron chi connectivity index (χ3n) is 5.61. The van der Waals surface area contributed by atoms with Gasteiger partial charge in [0.15, 0.2) is 0 Å². The number of nitrogens with zero attached hydrogens (tertiary/aromatic N) is 2. The van der Waals surface area contributed by atoms with Gasteiger partial charge < -0.3 is 9.88 Å². The molecule has 2 aromatic carbocycles. The highest BCUT2D eigenvalue weighted by atomic mass is 16.2. The van der Waals surface area contributed by atoms with E-state index in [1.54, 1.807) is 0 Å². The van der Waals surface area contributed by atoms with Gasteiger partial charge in [0.25, 0.3) is 0 Å². The van der Waals surface area contributed by atoms with E-state index < -0.39 is 0 Å². The average Bonchev–Trinajstić information content (AvgIpc) is 3.35. The molecule has 1 saturated heterocycles. The summed E-state index contributed by atoms with van der Waals surface area (Å²) in [6.45, 7) is 1.39. The monoisotopic (exact) mass is 373 g/mol. The molecule has 4 rings (SSSR count). The second kappa shape index (κ2) is 8.44. The molecule has 1 aromatic heterocycles. The molecule has 144 valence electrons. The number of amides is 1. The van der Waals surface area contributed by atoms with E-state index in [0.717, 1.165) is 30.5 Å². The van der Waals surface area contributed by atoms with Gasteiger partial charge >= 0.3 is 0 Å². The second-order valence-corrected chi connectivity index (χ2v) is 7.49. The molecule has 0 aliphatic carbocycles. The zero-order valence-electron chi connectivity index (χ0n) is 16.3. The Balaban J connectivity index is 1.50. The molecule has 1 atom stereocenters. The summed E-state index contributed by atoms with van der Waals surface area (Å²) in [5.41, 5.74) is 3.48. The molecule has 0 bridgehead atoms. The van der Waals surface area contributed by atoms with Crippen LogP contribution < -0.4 is 5.32 Å². The summed E-state index contributed by atoms with van der Waals surface area (Å²) in [6.07, 6.45) is 4.31. The molecule has 2 heterocycles. The van der Waals surface area contributed by atoms with Gasteiger partial charge in [-0.3, -0.25) is 9.69 Å².